The van der Waals surface area contributed by atoms with Gasteiger partial charge in [0.1, 0.15) is 6.04 Å². The third kappa shape index (κ3) is 5.11. The summed E-state index contributed by atoms with van der Waals surface area (Å²) in [4.78, 5) is 26.4. The normalized spacial score (nSPS) is 18.7. The molecule has 0 unspecified atom stereocenters. The summed E-state index contributed by atoms with van der Waals surface area (Å²) in [5.41, 5.74) is 2.49. The number of benzene rings is 1. The molecule has 0 fully saturated rings. The second kappa shape index (κ2) is 8.74. The molecule has 0 aliphatic carbocycles. The third-order valence-electron chi connectivity index (χ3n) is 4.85. The molecule has 3 atom stereocenters. The molecular weight excluding hydrogens is 316 g/mol. The topological polar surface area (TPSA) is 73.5 Å². The molecule has 25 heavy (non-hydrogen) atoms. The number of carbonyl (C=O) groups is 2. The average molecular weight is 346 g/mol. The number of hydrogen-bond donors (Lipinski definition) is 3. The molecule has 1 aliphatic heterocycles. The second-order valence-electron chi connectivity index (χ2n) is 6.86. The van der Waals surface area contributed by atoms with Crippen LogP contribution in [0.5, 0.6) is 0 Å². The highest BCUT2D eigenvalue weighted by molar-refractivity contribution is 5.86. The largest absolute Gasteiger partial charge is 0.374 e. The number of fused-ring (bicyclic) bond motifs is 1. The summed E-state index contributed by atoms with van der Waals surface area (Å²) in [7, 11) is 2.09. The summed E-state index contributed by atoms with van der Waals surface area (Å²) in [6.07, 6.45) is 1.86. The van der Waals surface area contributed by atoms with Crippen molar-refractivity contribution in [3.63, 3.8) is 0 Å². The zero-order chi connectivity index (χ0) is 18.4. The van der Waals surface area contributed by atoms with Crippen molar-refractivity contribution in [2.75, 3.05) is 25.0 Å². The van der Waals surface area contributed by atoms with E-state index in [1.165, 1.54) is 11.3 Å². The van der Waals surface area contributed by atoms with Crippen molar-refractivity contribution in [3.05, 3.63) is 29.8 Å². The molecule has 0 radical (unpaired) electrons. The van der Waals surface area contributed by atoms with Crippen LogP contribution in [0.15, 0.2) is 24.3 Å². The maximum absolute atomic E-state index is 12.1. The van der Waals surface area contributed by atoms with E-state index < -0.39 is 6.04 Å². The summed E-state index contributed by atoms with van der Waals surface area (Å²) in [5, 5.41) is 8.49. The molecule has 2 rings (SSSR count). The number of rotatable bonds is 6. The molecule has 0 saturated heterocycles. The van der Waals surface area contributed by atoms with Crippen molar-refractivity contribution in [3.8, 4) is 0 Å². The highest BCUT2D eigenvalue weighted by Gasteiger charge is 2.23. The van der Waals surface area contributed by atoms with Crippen molar-refractivity contribution in [2.45, 2.75) is 51.6 Å². The van der Waals surface area contributed by atoms with Crippen molar-refractivity contribution in [1.29, 1.82) is 0 Å². The van der Waals surface area contributed by atoms with E-state index in [-0.39, 0.29) is 18.0 Å². The van der Waals surface area contributed by atoms with E-state index in [1.54, 1.807) is 6.92 Å². The van der Waals surface area contributed by atoms with E-state index in [1.807, 2.05) is 26.0 Å². The SMILES string of the molecule is CC[C@H](C)NC(=O)[C@@H](C)NC(=O)NC[C@@H]1CCN(C)c2ccccc21. The van der Waals surface area contributed by atoms with E-state index in [0.717, 1.165) is 19.4 Å². The van der Waals surface area contributed by atoms with Gasteiger partial charge in [0, 0.05) is 37.8 Å². The monoisotopic (exact) mass is 346 g/mol. The fourth-order valence-electron chi connectivity index (χ4n) is 3.02. The Morgan fingerprint density at radius 1 is 1.24 bits per heavy atom. The molecular formula is C19H30N4O2. The van der Waals surface area contributed by atoms with Gasteiger partial charge < -0.3 is 20.9 Å². The van der Waals surface area contributed by atoms with Crippen LogP contribution in [0, 0.1) is 0 Å². The van der Waals surface area contributed by atoms with Gasteiger partial charge in [0.15, 0.2) is 0 Å². The molecule has 6 nitrogen and oxygen atoms in total. The van der Waals surface area contributed by atoms with Gasteiger partial charge in [-0.1, -0.05) is 25.1 Å². The van der Waals surface area contributed by atoms with Gasteiger partial charge in [0.25, 0.3) is 0 Å². The third-order valence-corrected chi connectivity index (χ3v) is 4.85. The average Bonchev–Trinajstić information content (AvgIpc) is 2.61. The molecule has 1 aromatic carbocycles. The minimum atomic E-state index is -0.557. The Bertz CT molecular complexity index is 605. The lowest BCUT2D eigenvalue weighted by Gasteiger charge is -2.33. The number of hydrogen-bond acceptors (Lipinski definition) is 3. The highest BCUT2D eigenvalue weighted by Crippen LogP contribution is 2.33. The van der Waals surface area contributed by atoms with Crippen LogP contribution in [0.4, 0.5) is 10.5 Å². The van der Waals surface area contributed by atoms with Crippen LogP contribution in [0.2, 0.25) is 0 Å². The fraction of sp³-hybridized carbons (Fsp3) is 0.579. The summed E-state index contributed by atoms with van der Waals surface area (Å²) < 4.78 is 0. The highest BCUT2D eigenvalue weighted by atomic mass is 16.2. The van der Waals surface area contributed by atoms with Crippen LogP contribution in [0.25, 0.3) is 0 Å². The van der Waals surface area contributed by atoms with Gasteiger partial charge in [-0.05, 0) is 38.3 Å². The van der Waals surface area contributed by atoms with Crippen LogP contribution < -0.4 is 20.9 Å². The Balaban J connectivity index is 1.84. The summed E-state index contributed by atoms with van der Waals surface area (Å²) >= 11 is 0. The summed E-state index contributed by atoms with van der Waals surface area (Å²) in [6, 6.07) is 7.56. The van der Waals surface area contributed by atoms with E-state index in [4.69, 9.17) is 0 Å². The first-order valence-corrected chi connectivity index (χ1v) is 9.07. The molecule has 3 N–H and O–H groups in total. The Labute approximate surface area is 150 Å². The first-order valence-electron chi connectivity index (χ1n) is 9.07. The number of urea groups is 1. The molecule has 0 aromatic heterocycles. The number of para-hydroxylation sites is 1. The number of carbonyl (C=O) groups excluding carboxylic acids is 2. The Morgan fingerprint density at radius 3 is 2.68 bits per heavy atom. The van der Waals surface area contributed by atoms with E-state index >= 15 is 0 Å². The lowest BCUT2D eigenvalue weighted by atomic mass is 9.90. The number of nitrogens with zero attached hydrogens (tertiary/aromatic N) is 1. The van der Waals surface area contributed by atoms with Crippen LogP contribution in [-0.4, -0.2) is 44.2 Å². The lowest BCUT2D eigenvalue weighted by molar-refractivity contribution is -0.123. The van der Waals surface area contributed by atoms with Crippen molar-refractivity contribution in [2.24, 2.45) is 0 Å². The smallest absolute Gasteiger partial charge is 0.315 e. The van der Waals surface area contributed by atoms with Crippen LogP contribution in [0.1, 0.15) is 45.1 Å². The number of anilines is 1. The minimum Gasteiger partial charge on any atom is -0.374 e. The van der Waals surface area contributed by atoms with E-state index in [9.17, 15) is 9.59 Å². The van der Waals surface area contributed by atoms with Gasteiger partial charge in [0.2, 0.25) is 5.91 Å². The maximum Gasteiger partial charge on any atom is 0.315 e. The predicted molar refractivity (Wildman–Crippen MR) is 101 cm³/mol. The minimum absolute atomic E-state index is 0.107. The van der Waals surface area contributed by atoms with Gasteiger partial charge in [-0.2, -0.15) is 0 Å². The lowest BCUT2D eigenvalue weighted by Crippen LogP contribution is -2.50. The Hall–Kier alpha value is -2.24. The molecule has 3 amide bonds. The van der Waals surface area contributed by atoms with Gasteiger partial charge in [-0.25, -0.2) is 4.79 Å². The molecule has 0 spiro atoms. The standard InChI is InChI=1S/C19H30N4O2/c1-5-13(2)21-18(24)14(3)22-19(25)20-12-15-10-11-23(4)17-9-7-6-8-16(15)17/h6-9,13-15H,5,10-12H2,1-4H3,(H,21,24)(H2,20,22,25)/t13-,14+,15-/m0/s1. The fourth-order valence-corrected chi connectivity index (χ4v) is 3.02. The number of nitrogens with one attached hydrogen (secondary N) is 3. The van der Waals surface area contributed by atoms with Crippen LogP contribution in [-0.2, 0) is 4.79 Å². The summed E-state index contributed by atoms with van der Waals surface area (Å²) in [5.74, 6) is 0.136. The summed E-state index contributed by atoms with van der Waals surface area (Å²) in [6.45, 7) is 7.19. The maximum atomic E-state index is 12.1. The van der Waals surface area contributed by atoms with Crippen molar-refractivity contribution >= 4 is 17.6 Å². The van der Waals surface area contributed by atoms with E-state index in [0.29, 0.717) is 12.5 Å². The molecule has 6 heteroatoms. The van der Waals surface area contributed by atoms with Gasteiger partial charge in [-0.15, -0.1) is 0 Å². The Kier molecular flexibility index (Phi) is 6.67. The van der Waals surface area contributed by atoms with Crippen LogP contribution >= 0.6 is 0 Å². The quantitative estimate of drug-likeness (QED) is 0.739. The molecule has 0 bridgehead atoms. The molecule has 1 aromatic rings. The molecule has 1 aliphatic rings. The molecule has 0 saturated carbocycles. The van der Waals surface area contributed by atoms with Crippen LogP contribution in [0.3, 0.4) is 0 Å². The van der Waals surface area contributed by atoms with Crippen molar-refractivity contribution < 1.29 is 9.59 Å². The number of amides is 3. The zero-order valence-corrected chi connectivity index (χ0v) is 15.6. The molecule has 138 valence electrons. The zero-order valence-electron chi connectivity index (χ0n) is 15.6. The van der Waals surface area contributed by atoms with Gasteiger partial charge >= 0.3 is 6.03 Å². The van der Waals surface area contributed by atoms with E-state index in [2.05, 4.69) is 40.0 Å². The first kappa shape index (κ1) is 19.1. The predicted octanol–water partition coefficient (Wildman–Crippen LogP) is 2.21. The second-order valence-corrected chi connectivity index (χ2v) is 6.86. The van der Waals surface area contributed by atoms with Gasteiger partial charge in [0.05, 0.1) is 0 Å². The Morgan fingerprint density at radius 2 is 1.96 bits per heavy atom. The first-order chi connectivity index (χ1) is 11.9. The van der Waals surface area contributed by atoms with Crippen molar-refractivity contribution in [1.82, 2.24) is 16.0 Å². The van der Waals surface area contributed by atoms with Gasteiger partial charge in [-0.3, -0.25) is 4.79 Å². The molecule has 1 heterocycles.